The van der Waals surface area contributed by atoms with Gasteiger partial charge in [0.25, 0.3) is 0 Å². The predicted octanol–water partition coefficient (Wildman–Crippen LogP) is 5.74. The molecule has 28 heavy (non-hydrogen) atoms. The lowest BCUT2D eigenvalue weighted by molar-refractivity contribution is 0.0323. The summed E-state index contributed by atoms with van der Waals surface area (Å²) in [4.78, 5) is 5.49. The Bertz CT molecular complexity index is 721. The molecule has 0 unspecified atom stereocenters. The van der Waals surface area contributed by atoms with Gasteiger partial charge in [-0.1, -0.05) is 26.0 Å². The van der Waals surface area contributed by atoms with Crippen molar-refractivity contribution in [2.45, 2.75) is 52.4 Å². The fourth-order valence-corrected chi connectivity index (χ4v) is 4.78. The molecule has 0 radical (unpaired) electrons. The van der Waals surface area contributed by atoms with Crippen LogP contribution >= 0.6 is 11.3 Å². The van der Waals surface area contributed by atoms with Crippen LogP contribution in [-0.2, 0) is 24.0 Å². The standard InChI is InChI=1S/C24H34FNOS/c1-24(2,13-14-26-15-17-27-18-16-26)12-11-23-10-9-22(28-23)8-4-6-20-5-3-7-21(25)19-20/h3,5,7,9-10,19H,4,6,8,11-18H2,1-2H3. The van der Waals surface area contributed by atoms with Gasteiger partial charge in [0.05, 0.1) is 13.2 Å². The van der Waals surface area contributed by atoms with Gasteiger partial charge in [-0.2, -0.15) is 0 Å². The average molecular weight is 404 g/mol. The number of benzene rings is 1. The van der Waals surface area contributed by atoms with Crippen LogP contribution in [0.5, 0.6) is 0 Å². The summed E-state index contributed by atoms with van der Waals surface area (Å²) in [6, 6.07) is 11.6. The lowest BCUT2D eigenvalue weighted by atomic mass is 9.84. The molecule has 1 aliphatic rings. The van der Waals surface area contributed by atoms with Gasteiger partial charge >= 0.3 is 0 Å². The minimum absolute atomic E-state index is 0.132. The number of thiophene rings is 1. The maximum Gasteiger partial charge on any atom is 0.123 e. The van der Waals surface area contributed by atoms with Crippen molar-refractivity contribution in [2.24, 2.45) is 5.41 Å². The largest absolute Gasteiger partial charge is 0.379 e. The summed E-state index contributed by atoms with van der Waals surface area (Å²) < 4.78 is 18.7. The van der Waals surface area contributed by atoms with Gasteiger partial charge in [-0.25, -0.2) is 4.39 Å². The summed E-state index contributed by atoms with van der Waals surface area (Å²) in [5.41, 5.74) is 1.47. The van der Waals surface area contributed by atoms with E-state index in [2.05, 4.69) is 30.9 Å². The Kier molecular flexibility index (Phi) is 8.07. The second-order valence-electron chi connectivity index (χ2n) is 8.72. The zero-order chi connectivity index (χ0) is 19.8. The van der Waals surface area contributed by atoms with Crippen LogP contribution in [0.3, 0.4) is 0 Å². The van der Waals surface area contributed by atoms with E-state index in [0.717, 1.165) is 51.1 Å². The van der Waals surface area contributed by atoms with E-state index in [1.807, 2.05) is 17.4 Å². The summed E-state index contributed by atoms with van der Waals surface area (Å²) in [6.45, 7) is 9.93. The first-order chi connectivity index (χ1) is 13.5. The zero-order valence-electron chi connectivity index (χ0n) is 17.4. The molecule has 3 rings (SSSR count). The van der Waals surface area contributed by atoms with Crippen LogP contribution in [0.1, 0.15) is 48.4 Å². The van der Waals surface area contributed by atoms with Crippen LogP contribution in [-0.4, -0.2) is 37.7 Å². The average Bonchev–Trinajstić information content (AvgIpc) is 3.14. The van der Waals surface area contributed by atoms with Crippen LogP contribution in [0.15, 0.2) is 36.4 Å². The SMILES string of the molecule is CC(C)(CCc1ccc(CCCc2cccc(F)c2)s1)CCN1CCOCC1. The lowest BCUT2D eigenvalue weighted by Crippen LogP contribution is -2.38. The maximum atomic E-state index is 13.3. The number of hydrogen-bond acceptors (Lipinski definition) is 3. The van der Waals surface area contributed by atoms with Gasteiger partial charge in [0.15, 0.2) is 0 Å². The van der Waals surface area contributed by atoms with E-state index in [0.29, 0.717) is 5.41 Å². The molecule has 2 nitrogen and oxygen atoms in total. The Morgan fingerprint density at radius 3 is 2.50 bits per heavy atom. The summed E-state index contributed by atoms with van der Waals surface area (Å²) in [6.07, 6.45) is 6.76. The number of morpholine rings is 1. The molecule has 1 saturated heterocycles. The molecule has 154 valence electrons. The molecule has 0 spiro atoms. The summed E-state index contributed by atoms with van der Waals surface area (Å²) in [5.74, 6) is -0.132. The number of rotatable bonds is 10. The topological polar surface area (TPSA) is 12.5 Å². The third-order valence-electron chi connectivity index (χ3n) is 5.75. The van der Waals surface area contributed by atoms with Gasteiger partial charge in [0.2, 0.25) is 0 Å². The molecule has 4 heteroatoms. The quantitative estimate of drug-likeness (QED) is 0.501. The second-order valence-corrected chi connectivity index (χ2v) is 9.97. The molecule has 0 atom stereocenters. The molecule has 0 saturated carbocycles. The van der Waals surface area contributed by atoms with Crippen molar-refractivity contribution in [3.63, 3.8) is 0 Å². The van der Waals surface area contributed by atoms with E-state index in [1.165, 1.54) is 41.6 Å². The predicted molar refractivity (Wildman–Crippen MR) is 117 cm³/mol. The monoisotopic (exact) mass is 403 g/mol. The molecule has 0 bridgehead atoms. The first-order valence-electron chi connectivity index (χ1n) is 10.6. The molecule has 0 aliphatic carbocycles. The molecular weight excluding hydrogens is 369 g/mol. The van der Waals surface area contributed by atoms with E-state index in [1.54, 1.807) is 12.1 Å². The number of aryl methyl sites for hydroxylation is 3. The fourth-order valence-electron chi connectivity index (χ4n) is 3.72. The van der Waals surface area contributed by atoms with Crippen molar-refractivity contribution in [3.8, 4) is 0 Å². The first kappa shape index (κ1) is 21.5. The van der Waals surface area contributed by atoms with Crippen LogP contribution in [0.4, 0.5) is 4.39 Å². The van der Waals surface area contributed by atoms with Gasteiger partial charge in [-0.3, -0.25) is 4.90 Å². The van der Waals surface area contributed by atoms with Gasteiger partial charge in [0, 0.05) is 22.8 Å². The summed E-state index contributed by atoms with van der Waals surface area (Å²) in [7, 11) is 0. The Balaban J connectivity index is 1.37. The molecule has 1 aliphatic heterocycles. The van der Waals surface area contributed by atoms with Gasteiger partial charge in [0.1, 0.15) is 5.82 Å². The van der Waals surface area contributed by atoms with Gasteiger partial charge in [-0.05, 0) is 80.3 Å². The van der Waals surface area contributed by atoms with Crippen molar-refractivity contribution < 1.29 is 9.13 Å². The first-order valence-corrected chi connectivity index (χ1v) is 11.4. The molecule has 1 aromatic carbocycles. The third kappa shape index (κ3) is 7.31. The highest BCUT2D eigenvalue weighted by Crippen LogP contribution is 2.30. The van der Waals surface area contributed by atoms with Crippen molar-refractivity contribution in [3.05, 3.63) is 57.5 Å². The number of hydrogen-bond donors (Lipinski definition) is 0. The van der Waals surface area contributed by atoms with Crippen molar-refractivity contribution in [1.82, 2.24) is 4.90 Å². The van der Waals surface area contributed by atoms with Crippen LogP contribution in [0, 0.1) is 11.2 Å². The van der Waals surface area contributed by atoms with E-state index in [9.17, 15) is 4.39 Å². The highest BCUT2D eigenvalue weighted by Gasteiger charge is 2.20. The van der Waals surface area contributed by atoms with E-state index in [-0.39, 0.29) is 5.82 Å². The van der Waals surface area contributed by atoms with Gasteiger partial charge in [-0.15, -0.1) is 11.3 Å². The highest BCUT2D eigenvalue weighted by atomic mass is 32.1. The van der Waals surface area contributed by atoms with E-state index in [4.69, 9.17) is 4.74 Å². The van der Waals surface area contributed by atoms with Gasteiger partial charge < -0.3 is 4.74 Å². The smallest absolute Gasteiger partial charge is 0.123 e. The molecule has 0 N–H and O–H groups in total. The number of halogens is 1. The molecule has 0 amide bonds. The summed E-state index contributed by atoms with van der Waals surface area (Å²) in [5, 5.41) is 0. The fraction of sp³-hybridized carbons (Fsp3) is 0.583. The van der Waals surface area contributed by atoms with Crippen molar-refractivity contribution in [1.29, 1.82) is 0 Å². The minimum Gasteiger partial charge on any atom is -0.379 e. The molecule has 1 aromatic heterocycles. The van der Waals surface area contributed by atoms with Crippen molar-refractivity contribution >= 4 is 11.3 Å². The second kappa shape index (κ2) is 10.5. The van der Waals surface area contributed by atoms with E-state index >= 15 is 0 Å². The Morgan fingerprint density at radius 1 is 1.00 bits per heavy atom. The van der Waals surface area contributed by atoms with Crippen molar-refractivity contribution in [2.75, 3.05) is 32.8 Å². The number of ether oxygens (including phenoxy) is 1. The van der Waals surface area contributed by atoms with Crippen LogP contribution < -0.4 is 0 Å². The minimum atomic E-state index is -0.132. The zero-order valence-corrected chi connectivity index (χ0v) is 18.2. The lowest BCUT2D eigenvalue weighted by Gasteiger charge is -2.31. The van der Waals surface area contributed by atoms with E-state index < -0.39 is 0 Å². The third-order valence-corrected chi connectivity index (χ3v) is 6.96. The maximum absolute atomic E-state index is 13.3. The molecule has 2 heterocycles. The Morgan fingerprint density at radius 2 is 1.75 bits per heavy atom. The Hall–Kier alpha value is -1.23. The Labute approximate surface area is 173 Å². The number of nitrogens with zero attached hydrogens (tertiary/aromatic N) is 1. The highest BCUT2D eigenvalue weighted by molar-refractivity contribution is 7.11. The van der Waals surface area contributed by atoms with Crippen LogP contribution in [0.25, 0.3) is 0 Å². The normalized spacial score (nSPS) is 15.8. The molecule has 1 fully saturated rings. The van der Waals surface area contributed by atoms with Crippen LogP contribution in [0.2, 0.25) is 0 Å². The summed E-state index contributed by atoms with van der Waals surface area (Å²) >= 11 is 1.96. The molecular formula is C24H34FNOS. The molecule has 2 aromatic rings.